The van der Waals surface area contributed by atoms with Crippen LogP contribution in [0.2, 0.25) is 5.02 Å². The predicted octanol–water partition coefficient (Wildman–Crippen LogP) is 3.39. The summed E-state index contributed by atoms with van der Waals surface area (Å²) in [5, 5.41) is 3.19. The molecule has 3 rings (SSSR count). The van der Waals surface area contributed by atoms with Crippen LogP contribution in [-0.2, 0) is 17.8 Å². The molecule has 1 heterocycles. The normalized spacial score (nSPS) is 10.8. The van der Waals surface area contributed by atoms with E-state index in [1.54, 1.807) is 24.3 Å². The average molecular weight is 360 g/mol. The number of carbonyl (C=O) groups excluding carboxylic acids is 1. The van der Waals surface area contributed by atoms with Gasteiger partial charge in [-0.2, -0.15) is 0 Å². The Bertz CT molecular complexity index is 1020. The number of para-hydroxylation sites is 1. The van der Waals surface area contributed by atoms with Crippen LogP contribution in [0.25, 0.3) is 10.9 Å². The van der Waals surface area contributed by atoms with E-state index in [1.807, 2.05) is 6.92 Å². The summed E-state index contributed by atoms with van der Waals surface area (Å²) < 4.78 is 14.6. The second kappa shape index (κ2) is 7.03. The quantitative estimate of drug-likeness (QED) is 0.776. The number of nitrogens with zero attached hydrogens (tertiary/aromatic N) is 2. The number of carbonyl (C=O) groups is 1. The van der Waals surface area contributed by atoms with Gasteiger partial charge in [-0.05, 0) is 30.3 Å². The number of aromatic nitrogens is 2. The van der Waals surface area contributed by atoms with Crippen LogP contribution < -0.4 is 10.9 Å². The fourth-order valence-electron chi connectivity index (χ4n) is 2.57. The lowest BCUT2D eigenvalue weighted by Crippen LogP contribution is -2.31. The van der Waals surface area contributed by atoms with Gasteiger partial charge in [-0.25, -0.2) is 9.37 Å². The molecule has 0 unspecified atom stereocenters. The lowest BCUT2D eigenvalue weighted by molar-refractivity contribution is -0.116. The third-order valence-corrected chi connectivity index (χ3v) is 4.09. The molecule has 128 valence electrons. The van der Waals surface area contributed by atoms with Gasteiger partial charge in [0.15, 0.2) is 0 Å². The molecule has 0 radical (unpaired) electrons. The van der Waals surface area contributed by atoms with Gasteiger partial charge in [-0.15, -0.1) is 0 Å². The number of fused-ring (bicyclic) bond motifs is 1. The zero-order valence-corrected chi connectivity index (χ0v) is 14.2. The molecule has 0 saturated carbocycles. The van der Waals surface area contributed by atoms with E-state index in [9.17, 15) is 14.0 Å². The van der Waals surface area contributed by atoms with Crippen LogP contribution in [0.1, 0.15) is 12.7 Å². The Morgan fingerprint density at radius 3 is 2.80 bits per heavy atom. The highest BCUT2D eigenvalue weighted by Crippen LogP contribution is 2.22. The molecular formula is C18H15ClFN3O2. The van der Waals surface area contributed by atoms with E-state index in [-0.39, 0.29) is 22.8 Å². The summed E-state index contributed by atoms with van der Waals surface area (Å²) in [6.07, 6.45) is 0.494. The van der Waals surface area contributed by atoms with E-state index in [2.05, 4.69) is 10.3 Å². The van der Waals surface area contributed by atoms with Crippen molar-refractivity contribution in [2.24, 2.45) is 0 Å². The third-order valence-electron chi connectivity index (χ3n) is 3.76. The van der Waals surface area contributed by atoms with Crippen molar-refractivity contribution in [3.05, 3.63) is 69.5 Å². The highest BCUT2D eigenvalue weighted by atomic mass is 35.5. The molecule has 1 aromatic heterocycles. The molecule has 7 heteroatoms. The first-order valence-corrected chi connectivity index (χ1v) is 8.10. The molecule has 3 aromatic rings. The molecule has 0 aliphatic heterocycles. The Kier molecular flexibility index (Phi) is 4.81. The van der Waals surface area contributed by atoms with Gasteiger partial charge < -0.3 is 5.32 Å². The minimum atomic E-state index is -0.515. The van der Waals surface area contributed by atoms with Crippen molar-refractivity contribution in [3.63, 3.8) is 0 Å². The molecule has 2 aromatic carbocycles. The topological polar surface area (TPSA) is 64.0 Å². The molecule has 0 aliphatic carbocycles. The summed E-state index contributed by atoms with van der Waals surface area (Å²) in [6, 6.07) is 10.7. The van der Waals surface area contributed by atoms with Gasteiger partial charge in [0, 0.05) is 6.42 Å². The van der Waals surface area contributed by atoms with E-state index < -0.39 is 11.7 Å². The monoisotopic (exact) mass is 359 g/mol. The first-order chi connectivity index (χ1) is 12.0. The van der Waals surface area contributed by atoms with Crippen molar-refractivity contribution in [2.75, 3.05) is 5.32 Å². The Balaban J connectivity index is 1.94. The minimum absolute atomic E-state index is 0.159. The summed E-state index contributed by atoms with van der Waals surface area (Å²) >= 11 is 5.95. The van der Waals surface area contributed by atoms with Crippen molar-refractivity contribution in [1.29, 1.82) is 0 Å². The maximum atomic E-state index is 13.3. The van der Waals surface area contributed by atoms with E-state index >= 15 is 0 Å². The van der Waals surface area contributed by atoms with E-state index in [1.165, 1.54) is 16.7 Å². The highest BCUT2D eigenvalue weighted by Gasteiger charge is 2.14. The van der Waals surface area contributed by atoms with Crippen LogP contribution in [0.4, 0.5) is 10.1 Å². The van der Waals surface area contributed by atoms with Gasteiger partial charge in [0.2, 0.25) is 5.91 Å². The molecule has 1 amide bonds. The fourth-order valence-corrected chi connectivity index (χ4v) is 2.74. The number of benzene rings is 2. The number of rotatable bonds is 4. The van der Waals surface area contributed by atoms with E-state index in [0.29, 0.717) is 23.1 Å². The Labute approximate surface area is 148 Å². The van der Waals surface area contributed by atoms with Crippen LogP contribution in [0.3, 0.4) is 0 Å². The fraction of sp³-hybridized carbons (Fsp3) is 0.167. The Morgan fingerprint density at radius 2 is 2.04 bits per heavy atom. The minimum Gasteiger partial charge on any atom is -0.323 e. The lowest BCUT2D eigenvalue weighted by Gasteiger charge is -2.13. The summed E-state index contributed by atoms with van der Waals surface area (Å²) in [7, 11) is 0. The van der Waals surface area contributed by atoms with Crippen LogP contribution in [-0.4, -0.2) is 15.5 Å². The third kappa shape index (κ3) is 3.53. The molecule has 25 heavy (non-hydrogen) atoms. The molecule has 0 saturated heterocycles. The predicted molar refractivity (Wildman–Crippen MR) is 95.4 cm³/mol. The zero-order chi connectivity index (χ0) is 18.0. The molecule has 0 aliphatic rings. The van der Waals surface area contributed by atoms with Gasteiger partial charge in [-0.3, -0.25) is 14.2 Å². The van der Waals surface area contributed by atoms with Crippen LogP contribution in [0, 0.1) is 5.82 Å². The molecule has 5 nitrogen and oxygen atoms in total. The second-order valence-corrected chi connectivity index (χ2v) is 5.87. The first-order valence-electron chi connectivity index (χ1n) is 7.73. The number of aryl methyl sites for hydroxylation is 1. The smallest absolute Gasteiger partial charge is 0.261 e. The number of anilines is 1. The number of hydrogen-bond donors (Lipinski definition) is 1. The van der Waals surface area contributed by atoms with Gasteiger partial charge in [0.05, 0.1) is 21.6 Å². The number of amides is 1. The van der Waals surface area contributed by atoms with Crippen molar-refractivity contribution in [2.45, 2.75) is 19.9 Å². The molecule has 0 atom stereocenters. The Morgan fingerprint density at radius 1 is 1.28 bits per heavy atom. The van der Waals surface area contributed by atoms with Gasteiger partial charge >= 0.3 is 0 Å². The SMILES string of the molecule is CCc1nc2ccccc2c(=O)n1CC(=O)Nc1cc(F)ccc1Cl. The summed E-state index contributed by atoms with van der Waals surface area (Å²) in [5.41, 5.74) is 0.462. The first kappa shape index (κ1) is 17.1. The highest BCUT2D eigenvalue weighted by molar-refractivity contribution is 6.33. The van der Waals surface area contributed by atoms with E-state index in [0.717, 1.165) is 6.07 Å². The molecule has 1 N–H and O–H groups in total. The maximum absolute atomic E-state index is 13.3. The van der Waals surface area contributed by atoms with Crippen LogP contribution in [0.5, 0.6) is 0 Å². The Hall–Kier alpha value is -2.73. The standard InChI is InChI=1S/C18H15ClFN3O2/c1-2-16-21-14-6-4-3-5-12(14)18(25)23(16)10-17(24)22-15-9-11(20)7-8-13(15)19/h3-9H,2,10H2,1H3,(H,22,24). The summed E-state index contributed by atoms with van der Waals surface area (Å²) in [5.74, 6) is -0.496. The summed E-state index contributed by atoms with van der Waals surface area (Å²) in [4.78, 5) is 29.4. The largest absolute Gasteiger partial charge is 0.323 e. The van der Waals surface area contributed by atoms with Crippen molar-refractivity contribution in [1.82, 2.24) is 9.55 Å². The summed E-state index contributed by atoms with van der Waals surface area (Å²) in [6.45, 7) is 1.63. The van der Waals surface area contributed by atoms with E-state index in [4.69, 9.17) is 11.6 Å². The molecule has 0 fully saturated rings. The van der Waals surface area contributed by atoms with Crippen molar-refractivity contribution < 1.29 is 9.18 Å². The van der Waals surface area contributed by atoms with Crippen molar-refractivity contribution in [3.8, 4) is 0 Å². The number of hydrogen-bond acceptors (Lipinski definition) is 3. The van der Waals surface area contributed by atoms with Crippen molar-refractivity contribution >= 4 is 34.1 Å². The van der Waals surface area contributed by atoms with Crippen LogP contribution in [0.15, 0.2) is 47.3 Å². The number of halogens is 2. The van der Waals surface area contributed by atoms with Gasteiger partial charge in [0.25, 0.3) is 5.56 Å². The molecular weight excluding hydrogens is 345 g/mol. The van der Waals surface area contributed by atoms with Gasteiger partial charge in [-0.1, -0.05) is 30.7 Å². The lowest BCUT2D eigenvalue weighted by atomic mass is 10.2. The number of nitrogens with one attached hydrogen (secondary N) is 1. The average Bonchev–Trinajstić information content (AvgIpc) is 2.60. The molecule has 0 spiro atoms. The molecule has 0 bridgehead atoms. The maximum Gasteiger partial charge on any atom is 0.261 e. The van der Waals surface area contributed by atoms with Gasteiger partial charge in [0.1, 0.15) is 18.2 Å². The second-order valence-electron chi connectivity index (χ2n) is 5.46. The zero-order valence-electron chi connectivity index (χ0n) is 13.4. The van der Waals surface area contributed by atoms with Crippen LogP contribution >= 0.6 is 11.6 Å².